The molecule has 168 valence electrons. The van der Waals surface area contributed by atoms with E-state index in [1.54, 1.807) is 6.07 Å². The molecular formula is C30H18Cl2N2O. The summed E-state index contributed by atoms with van der Waals surface area (Å²) in [4.78, 5) is 0. The molecule has 35 heavy (non-hydrogen) atoms. The Labute approximate surface area is 212 Å². The summed E-state index contributed by atoms with van der Waals surface area (Å²) < 4.78 is 6.20. The van der Waals surface area contributed by atoms with E-state index in [0.29, 0.717) is 21.8 Å². The van der Waals surface area contributed by atoms with Crippen molar-refractivity contribution in [1.29, 1.82) is 0 Å². The van der Waals surface area contributed by atoms with Crippen molar-refractivity contribution in [3.63, 3.8) is 0 Å². The number of aromatic nitrogens is 2. The predicted molar refractivity (Wildman–Crippen MR) is 146 cm³/mol. The van der Waals surface area contributed by atoms with Gasteiger partial charge in [0.2, 0.25) is 11.8 Å². The first-order chi connectivity index (χ1) is 17.2. The number of hydrogen-bond donors (Lipinski definition) is 0. The van der Waals surface area contributed by atoms with Crippen molar-refractivity contribution in [2.45, 2.75) is 0 Å². The van der Waals surface area contributed by atoms with Gasteiger partial charge in [-0.25, -0.2) is 0 Å². The second-order valence-electron chi connectivity index (χ2n) is 8.23. The smallest absolute Gasteiger partial charge is 0.249 e. The topological polar surface area (TPSA) is 38.9 Å². The average molecular weight is 493 g/mol. The molecule has 0 aliphatic heterocycles. The normalized spacial score (nSPS) is 11.6. The molecule has 0 aliphatic rings. The minimum Gasteiger partial charge on any atom is -0.416 e. The molecule has 0 fully saturated rings. The van der Waals surface area contributed by atoms with Crippen LogP contribution in [0.5, 0.6) is 0 Å². The lowest BCUT2D eigenvalue weighted by molar-refractivity contribution is 0.586. The average Bonchev–Trinajstić information content (AvgIpc) is 3.37. The van der Waals surface area contributed by atoms with Crippen LogP contribution in [0.3, 0.4) is 0 Å². The van der Waals surface area contributed by atoms with Gasteiger partial charge in [-0.15, -0.1) is 10.2 Å². The van der Waals surface area contributed by atoms with Gasteiger partial charge < -0.3 is 4.42 Å². The summed E-state index contributed by atoms with van der Waals surface area (Å²) in [6.07, 6.45) is 3.96. The highest BCUT2D eigenvalue weighted by Gasteiger charge is 2.16. The molecule has 0 unspecified atom stereocenters. The highest BCUT2D eigenvalue weighted by Crippen LogP contribution is 2.36. The Balaban J connectivity index is 1.34. The third-order valence-corrected chi connectivity index (χ3v) is 6.55. The molecule has 1 aromatic heterocycles. The highest BCUT2D eigenvalue weighted by atomic mass is 35.5. The molecule has 3 nitrogen and oxygen atoms in total. The monoisotopic (exact) mass is 492 g/mol. The van der Waals surface area contributed by atoms with E-state index in [1.165, 1.54) is 0 Å². The molecular weight excluding hydrogens is 475 g/mol. The predicted octanol–water partition coefficient (Wildman–Crippen LogP) is 9.19. The van der Waals surface area contributed by atoms with E-state index in [4.69, 9.17) is 27.6 Å². The summed E-state index contributed by atoms with van der Waals surface area (Å²) in [5, 5.41) is 14.5. The van der Waals surface area contributed by atoms with Gasteiger partial charge in [-0.1, -0.05) is 102 Å². The molecule has 0 bridgehead atoms. The number of benzene rings is 5. The fraction of sp³-hybridized carbons (Fsp3) is 0. The third-order valence-electron chi connectivity index (χ3n) is 5.99. The van der Waals surface area contributed by atoms with Crippen LogP contribution in [0.25, 0.3) is 56.6 Å². The SMILES string of the molecule is Clc1ccc(C=Cc2ccc(-c3nnc(-c4c5ccccc5cc5ccccc45)o3)cc2)c(Cl)c1. The van der Waals surface area contributed by atoms with Gasteiger partial charge in [-0.3, -0.25) is 0 Å². The van der Waals surface area contributed by atoms with Gasteiger partial charge in [-0.2, -0.15) is 0 Å². The van der Waals surface area contributed by atoms with Gasteiger partial charge in [0.05, 0.1) is 5.56 Å². The molecule has 1 heterocycles. The zero-order valence-corrected chi connectivity index (χ0v) is 20.0. The lowest BCUT2D eigenvalue weighted by atomic mass is 9.97. The minimum atomic E-state index is 0.480. The zero-order valence-electron chi connectivity index (χ0n) is 18.5. The zero-order chi connectivity index (χ0) is 23.8. The number of nitrogens with zero attached hydrogens (tertiary/aromatic N) is 2. The second kappa shape index (κ2) is 9.03. The van der Waals surface area contributed by atoms with Crippen molar-refractivity contribution < 1.29 is 4.42 Å². The van der Waals surface area contributed by atoms with Crippen LogP contribution in [0.2, 0.25) is 10.0 Å². The van der Waals surface area contributed by atoms with E-state index in [1.807, 2.05) is 72.8 Å². The molecule has 5 heteroatoms. The Morgan fingerprint density at radius 1 is 0.629 bits per heavy atom. The van der Waals surface area contributed by atoms with Crippen LogP contribution in [0.1, 0.15) is 11.1 Å². The molecule has 0 saturated heterocycles. The maximum absolute atomic E-state index is 6.26. The van der Waals surface area contributed by atoms with Gasteiger partial charge in [0.25, 0.3) is 0 Å². The van der Waals surface area contributed by atoms with E-state index in [9.17, 15) is 0 Å². The van der Waals surface area contributed by atoms with Crippen molar-refractivity contribution in [1.82, 2.24) is 10.2 Å². The third kappa shape index (κ3) is 4.21. The van der Waals surface area contributed by atoms with Gasteiger partial charge in [0.15, 0.2) is 0 Å². The molecule has 0 saturated carbocycles. The molecule has 0 spiro atoms. The van der Waals surface area contributed by atoms with Gasteiger partial charge in [0, 0.05) is 15.6 Å². The van der Waals surface area contributed by atoms with E-state index in [0.717, 1.165) is 43.8 Å². The van der Waals surface area contributed by atoms with Crippen molar-refractivity contribution in [2.24, 2.45) is 0 Å². The van der Waals surface area contributed by atoms with Crippen LogP contribution >= 0.6 is 23.2 Å². The number of fused-ring (bicyclic) bond motifs is 2. The summed E-state index contributed by atoms with van der Waals surface area (Å²) >= 11 is 12.2. The van der Waals surface area contributed by atoms with E-state index < -0.39 is 0 Å². The van der Waals surface area contributed by atoms with Crippen LogP contribution in [-0.2, 0) is 0 Å². The summed E-state index contributed by atoms with van der Waals surface area (Å²) in [5.41, 5.74) is 3.75. The maximum atomic E-state index is 6.26. The molecule has 6 rings (SSSR count). The fourth-order valence-corrected chi connectivity index (χ4v) is 4.72. The van der Waals surface area contributed by atoms with Gasteiger partial charge in [-0.05, 0) is 63.0 Å². The highest BCUT2D eigenvalue weighted by molar-refractivity contribution is 6.35. The molecule has 6 aromatic rings. The number of halogens is 2. The first-order valence-electron chi connectivity index (χ1n) is 11.1. The quantitative estimate of drug-likeness (QED) is 0.182. The van der Waals surface area contributed by atoms with Crippen molar-refractivity contribution in [3.05, 3.63) is 118 Å². The summed E-state index contributed by atoms with van der Waals surface area (Å²) in [6.45, 7) is 0. The van der Waals surface area contributed by atoms with Crippen LogP contribution in [-0.4, -0.2) is 10.2 Å². The van der Waals surface area contributed by atoms with Crippen molar-refractivity contribution in [3.8, 4) is 22.9 Å². The first kappa shape index (κ1) is 21.6. The van der Waals surface area contributed by atoms with Crippen LogP contribution < -0.4 is 0 Å². The second-order valence-corrected chi connectivity index (χ2v) is 9.07. The van der Waals surface area contributed by atoms with Crippen LogP contribution in [0.15, 0.2) is 101 Å². The van der Waals surface area contributed by atoms with Crippen molar-refractivity contribution in [2.75, 3.05) is 0 Å². The van der Waals surface area contributed by atoms with E-state index in [-0.39, 0.29) is 0 Å². The summed E-state index contributed by atoms with van der Waals surface area (Å²) in [7, 11) is 0. The molecule has 0 atom stereocenters. The Bertz CT molecular complexity index is 1660. The lowest BCUT2D eigenvalue weighted by Crippen LogP contribution is -1.85. The number of hydrogen-bond acceptors (Lipinski definition) is 3. The Morgan fingerprint density at radius 2 is 1.29 bits per heavy atom. The van der Waals surface area contributed by atoms with Gasteiger partial charge >= 0.3 is 0 Å². The standard InChI is InChI=1S/C30H18Cl2N2O/c31-24-16-15-20(27(32)18-24)12-9-19-10-13-21(14-11-19)29-33-34-30(35-29)28-25-7-3-1-5-22(25)17-23-6-2-4-8-26(23)28/h1-18H. The van der Waals surface area contributed by atoms with E-state index in [2.05, 4.69) is 40.5 Å². The Morgan fingerprint density at radius 3 is 1.97 bits per heavy atom. The minimum absolute atomic E-state index is 0.480. The maximum Gasteiger partial charge on any atom is 0.249 e. The molecule has 5 aromatic carbocycles. The van der Waals surface area contributed by atoms with Crippen LogP contribution in [0.4, 0.5) is 0 Å². The van der Waals surface area contributed by atoms with Gasteiger partial charge in [0.1, 0.15) is 0 Å². The largest absolute Gasteiger partial charge is 0.416 e. The fourth-order valence-electron chi connectivity index (χ4n) is 4.24. The van der Waals surface area contributed by atoms with E-state index >= 15 is 0 Å². The number of rotatable bonds is 4. The summed E-state index contributed by atoms with van der Waals surface area (Å²) in [6, 6.07) is 32.1. The Hall–Kier alpha value is -3.92. The molecule has 0 radical (unpaired) electrons. The molecule has 0 aliphatic carbocycles. The van der Waals surface area contributed by atoms with Crippen LogP contribution in [0, 0.1) is 0 Å². The molecule has 0 amide bonds. The Kier molecular flexibility index (Phi) is 5.57. The first-order valence-corrected chi connectivity index (χ1v) is 11.9. The van der Waals surface area contributed by atoms with Crippen molar-refractivity contribution >= 4 is 56.9 Å². The lowest BCUT2D eigenvalue weighted by Gasteiger charge is -2.08. The molecule has 0 N–H and O–H groups in total. The summed E-state index contributed by atoms with van der Waals surface area (Å²) in [5.74, 6) is 0.989.